The highest BCUT2D eigenvalue weighted by Crippen LogP contribution is 2.38. The van der Waals surface area contributed by atoms with Crippen molar-refractivity contribution in [3.8, 4) is 5.75 Å². The van der Waals surface area contributed by atoms with Crippen molar-refractivity contribution in [1.82, 2.24) is 15.2 Å². The van der Waals surface area contributed by atoms with Crippen molar-refractivity contribution in [3.63, 3.8) is 0 Å². The molecule has 1 atom stereocenters. The average molecular weight is 523 g/mol. The van der Waals surface area contributed by atoms with Gasteiger partial charge in [-0.15, -0.1) is 0 Å². The summed E-state index contributed by atoms with van der Waals surface area (Å²) in [7, 11) is 2.18. The van der Waals surface area contributed by atoms with E-state index < -0.39 is 0 Å². The molecule has 0 spiro atoms. The van der Waals surface area contributed by atoms with E-state index in [1.54, 1.807) is 13.1 Å². The number of carbonyl (C=O) groups is 1. The van der Waals surface area contributed by atoms with Crippen LogP contribution in [0.1, 0.15) is 36.7 Å². The van der Waals surface area contributed by atoms with Crippen molar-refractivity contribution < 1.29 is 14.3 Å². The highest BCUT2D eigenvalue weighted by molar-refractivity contribution is 6.31. The van der Waals surface area contributed by atoms with Gasteiger partial charge in [-0.1, -0.05) is 29.8 Å². The Morgan fingerprint density at radius 2 is 2.08 bits per heavy atom. The van der Waals surface area contributed by atoms with E-state index in [0.29, 0.717) is 26.2 Å². The smallest absolute Gasteiger partial charge is 0.293 e. The van der Waals surface area contributed by atoms with Gasteiger partial charge in [-0.05, 0) is 81.6 Å². The fraction of sp³-hybridized carbons (Fsp3) is 0.310. The Balaban J connectivity index is 0.000000695. The van der Waals surface area contributed by atoms with Gasteiger partial charge >= 0.3 is 0 Å². The predicted octanol–water partition coefficient (Wildman–Crippen LogP) is 5.66. The second kappa shape index (κ2) is 14.3. The fourth-order valence-electron chi connectivity index (χ4n) is 4.37. The van der Waals surface area contributed by atoms with Gasteiger partial charge in [0.05, 0.1) is 12.6 Å². The Morgan fingerprint density at radius 1 is 1.30 bits per heavy atom. The number of nitrogens with one attached hydrogen (secondary N) is 2. The van der Waals surface area contributed by atoms with Crippen LogP contribution in [0.4, 0.5) is 0 Å². The fourth-order valence-corrected chi connectivity index (χ4v) is 4.54. The first-order valence-electron chi connectivity index (χ1n) is 12.3. The zero-order chi connectivity index (χ0) is 26.6. The molecule has 2 N–H and O–H groups in total. The summed E-state index contributed by atoms with van der Waals surface area (Å²) in [6.07, 6.45) is 6.55. The maximum Gasteiger partial charge on any atom is 0.293 e. The summed E-state index contributed by atoms with van der Waals surface area (Å²) in [5, 5.41) is 5.32. The molecule has 196 valence electrons. The molecular weight excluding hydrogens is 488 g/mol. The van der Waals surface area contributed by atoms with Gasteiger partial charge < -0.3 is 19.8 Å². The van der Waals surface area contributed by atoms with E-state index in [2.05, 4.69) is 75.1 Å². The number of hydrogen-bond acceptors (Lipinski definition) is 6. The van der Waals surface area contributed by atoms with E-state index in [9.17, 15) is 4.79 Å². The SMILES string of the molecule is C=N/C=C\C(=C/C)NCCOc1ccc(C2c3[nH]c4ccc(Cl)cc4c3CCN2C)cc1.CCOC=O. The van der Waals surface area contributed by atoms with E-state index in [4.69, 9.17) is 16.3 Å². The third-order valence-electron chi connectivity index (χ3n) is 6.13. The van der Waals surface area contributed by atoms with Gasteiger partial charge in [0.25, 0.3) is 6.47 Å². The van der Waals surface area contributed by atoms with Gasteiger partial charge in [0.2, 0.25) is 0 Å². The van der Waals surface area contributed by atoms with Crippen LogP contribution in [0.3, 0.4) is 0 Å². The van der Waals surface area contributed by atoms with Crippen LogP contribution in [0.5, 0.6) is 5.75 Å². The monoisotopic (exact) mass is 522 g/mol. The standard InChI is InChI=1S/C26H29ClN4O.C3H6O2/c1-4-20(11-13-28-2)29-14-16-32-21-8-5-18(6-9-21)26-25-22(12-15-31(26)3)23-17-19(27)7-10-24(23)30-25;1-2-5-3-4/h4-11,13,17,26,29-30H,2,12,14-16H2,1,3H3;3H,2H2,1H3/b13-11-,20-4+;. The molecule has 1 aromatic heterocycles. The molecule has 0 fully saturated rings. The minimum absolute atomic E-state index is 0.183. The topological polar surface area (TPSA) is 79.0 Å². The number of fused-ring (bicyclic) bond motifs is 3. The zero-order valence-electron chi connectivity index (χ0n) is 21.7. The molecule has 0 amide bonds. The molecule has 37 heavy (non-hydrogen) atoms. The van der Waals surface area contributed by atoms with E-state index in [1.807, 2.05) is 25.1 Å². The number of halogens is 1. The van der Waals surface area contributed by atoms with E-state index in [-0.39, 0.29) is 6.04 Å². The largest absolute Gasteiger partial charge is 0.492 e. The molecule has 1 aliphatic heterocycles. The molecule has 4 rings (SSSR count). The molecule has 0 bridgehead atoms. The number of aliphatic imine (C=N–C) groups is 1. The van der Waals surface area contributed by atoms with Gasteiger partial charge in [-0.2, -0.15) is 0 Å². The van der Waals surface area contributed by atoms with E-state index in [0.717, 1.165) is 35.0 Å². The first kappa shape index (κ1) is 28.0. The summed E-state index contributed by atoms with van der Waals surface area (Å²) in [6, 6.07) is 14.7. The maximum atomic E-state index is 9.18. The number of aromatic amines is 1. The molecule has 2 heterocycles. The van der Waals surface area contributed by atoms with Gasteiger partial charge in [-0.3, -0.25) is 14.7 Å². The molecule has 1 unspecified atom stereocenters. The Bertz CT molecular complexity index is 1230. The summed E-state index contributed by atoms with van der Waals surface area (Å²) < 4.78 is 10.1. The maximum absolute atomic E-state index is 9.18. The van der Waals surface area contributed by atoms with Crippen LogP contribution in [0.25, 0.3) is 10.9 Å². The minimum Gasteiger partial charge on any atom is -0.492 e. The Kier molecular flexibility index (Phi) is 10.8. The summed E-state index contributed by atoms with van der Waals surface area (Å²) in [5.41, 5.74) is 6.01. The normalized spacial score (nSPS) is 15.6. The van der Waals surface area contributed by atoms with Gasteiger partial charge in [0.15, 0.2) is 0 Å². The lowest BCUT2D eigenvalue weighted by Crippen LogP contribution is -2.32. The number of H-pyrrole nitrogens is 1. The highest BCUT2D eigenvalue weighted by atomic mass is 35.5. The molecule has 2 aromatic carbocycles. The Hall–Kier alpha value is -3.55. The molecule has 0 radical (unpaired) electrons. The first-order chi connectivity index (χ1) is 18.0. The number of likely N-dealkylation sites (N-methyl/N-ethyl adjacent to an activating group) is 1. The van der Waals surface area contributed by atoms with Crippen molar-refractivity contribution in [1.29, 1.82) is 0 Å². The lowest BCUT2D eigenvalue weighted by Gasteiger charge is -2.33. The lowest BCUT2D eigenvalue weighted by atomic mass is 9.93. The number of benzene rings is 2. The highest BCUT2D eigenvalue weighted by Gasteiger charge is 2.29. The number of hydrogen-bond donors (Lipinski definition) is 2. The van der Waals surface area contributed by atoms with Crippen LogP contribution >= 0.6 is 11.6 Å². The van der Waals surface area contributed by atoms with Crippen molar-refractivity contribution >= 4 is 35.7 Å². The van der Waals surface area contributed by atoms with E-state index >= 15 is 0 Å². The molecule has 7 nitrogen and oxygen atoms in total. The summed E-state index contributed by atoms with van der Waals surface area (Å²) >= 11 is 6.26. The van der Waals surface area contributed by atoms with Crippen molar-refractivity contribution in [2.24, 2.45) is 4.99 Å². The average Bonchev–Trinajstić information content (AvgIpc) is 3.27. The van der Waals surface area contributed by atoms with Crippen molar-refractivity contribution in [3.05, 3.63) is 88.4 Å². The second-order valence-corrected chi connectivity index (χ2v) is 8.91. The van der Waals surface area contributed by atoms with Crippen molar-refractivity contribution in [2.45, 2.75) is 26.3 Å². The molecule has 1 aliphatic rings. The Labute approximate surface area is 223 Å². The van der Waals surface area contributed by atoms with Crippen LogP contribution in [0, 0.1) is 0 Å². The second-order valence-electron chi connectivity index (χ2n) is 8.48. The summed E-state index contributed by atoms with van der Waals surface area (Å²) in [4.78, 5) is 19.0. The number of allylic oxidation sites excluding steroid dienone is 2. The molecule has 0 aliphatic carbocycles. The van der Waals surface area contributed by atoms with Gasteiger partial charge in [0.1, 0.15) is 12.4 Å². The third kappa shape index (κ3) is 7.47. The number of nitrogens with zero attached hydrogens (tertiary/aromatic N) is 2. The molecule has 0 saturated heterocycles. The number of ether oxygens (including phenoxy) is 2. The van der Waals surface area contributed by atoms with Crippen LogP contribution in [0.2, 0.25) is 5.02 Å². The van der Waals surface area contributed by atoms with Crippen LogP contribution in [-0.2, 0) is 16.0 Å². The predicted molar refractivity (Wildman–Crippen MR) is 152 cm³/mol. The van der Waals surface area contributed by atoms with E-state index in [1.165, 1.54) is 22.2 Å². The van der Waals surface area contributed by atoms with Gasteiger partial charge in [-0.25, -0.2) is 0 Å². The van der Waals surface area contributed by atoms with Crippen molar-refractivity contribution in [2.75, 3.05) is 33.4 Å². The van der Waals surface area contributed by atoms with Crippen LogP contribution < -0.4 is 10.1 Å². The quantitative estimate of drug-likeness (QED) is 0.155. The zero-order valence-corrected chi connectivity index (χ0v) is 22.4. The van der Waals surface area contributed by atoms with Gasteiger partial charge in [0, 0.05) is 46.6 Å². The molecule has 0 saturated carbocycles. The number of rotatable bonds is 10. The number of carbonyl (C=O) groups excluding carboxylic acids is 1. The first-order valence-corrected chi connectivity index (χ1v) is 12.7. The molecular formula is C29H35ClN4O3. The summed E-state index contributed by atoms with van der Waals surface area (Å²) in [5.74, 6) is 0.864. The molecule has 3 aromatic rings. The lowest BCUT2D eigenvalue weighted by molar-refractivity contribution is -0.128. The van der Waals surface area contributed by atoms with Crippen LogP contribution in [0.15, 0.2) is 71.5 Å². The number of aromatic nitrogens is 1. The molecule has 8 heteroatoms. The summed E-state index contributed by atoms with van der Waals surface area (Å²) in [6.45, 7) is 10.4. The minimum atomic E-state index is 0.183. The van der Waals surface area contributed by atoms with Crippen LogP contribution in [-0.4, -0.2) is 56.4 Å². The third-order valence-corrected chi connectivity index (χ3v) is 6.37. The Morgan fingerprint density at radius 3 is 2.73 bits per heavy atom.